The Morgan fingerprint density at radius 3 is 1.89 bits per heavy atom. The van der Waals surface area contributed by atoms with E-state index in [1.807, 2.05) is 0 Å². The molecule has 0 N–H and O–H groups in total. The second-order valence-corrected chi connectivity index (χ2v) is 9.21. The lowest BCUT2D eigenvalue weighted by atomic mass is 10.1. The van der Waals surface area contributed by atoms with E-state index in [2.05, 4.69) is 47.8 Å². The molecule has 0 bridgehead atoms. The molecular formula is C15H6Br3F7OS. The quantitative estimate of drug-likeness (QED) is 0.329. The van der Waals surface area contributed by atoms with Crippen molar-refractivity contribution in [2.24, 2.45) is 0 Å². The molecule has 1 atom stereocenters. The van der Waals surface area contributed by atoms with Gasteiger partial charge in [0, 0.05) is 19.0 Å². The van der Waals surface area contributed by atoms with Crippen LogP contribution in [-0.2, 0) is 10.8 Å². The van der Waals surface area contributed by atoms with Crippen molar-refractivity contribution < 1.29 is 34.9 Å². The fourth-order valence-corrected chi connectivity index (χ4v) is 5.51. The molecule has 2 rings (SSSR count). The molecule has 0 spiro atoms. The van der Waals surface area contributed by atoms with Crippen LogP contribution in [-0.4, -0.2) is 21.6 Å². The minimum atomic E-state index is -6.58. The molecule has 0 aliphatic carbocycles. The maximum absolute atomic E-state index is 14.0. The highest BCUT2D eigenvalue weighted by molar-refractivity contribution is 9.11. The molecule has 0 heterocycles. The Bertz CT molecular complexity index is 899. The minimum absolute atomic E-state index is 0.0552. The van der Waals surface area contributed by atoms with E-state index in [0.717, 1.165) is 6.07 Å². The number of alkyl halides is 7. The topological polar surface area (TPSA) is 17.1 Å². The summed E-state index contributed by atoms with van der Waals surface area (Å²) in [6.45, 7) is 0. The van der Waals surface area contributed by atoms with Crippen molar-refractivity contribution in [2.45, 2.75) is 22.2 Å². The summed E-state index contributed by atoms with van der Waals surface area (Å²) < 4.78 is 105. The van der Waals surface area contributed by atoms with Crippen LogP contribution in [0.15, 0.2) is 54.7 Å². The number of rotatable bonds is 4. The van der Waals surface area contributed by atoms with Gasteiger partial charge in [-0.15, -0.1) is 0 Å². The zero-order chi connectivity index (χ0) is 20.8. The predicted octanol–water partition coefficient (Wildman–Crippen LogP) is 7.54. The summed E-state index contributed by atoms with van der Waals surface area (Å²) in [4.78, 5) is -0.892. The molecule has 0 aliphatic rings. The Hall–Kier alpha value is -0.460. The molecular weight excluding hydrogens is 601 g/mol. The molecule has 1 nitrogen and oxygen atoms in total. The fourth-order valence-electron chi connectivity index (χ4n) is 2.04. The van der Waals surface area contributed by atoms with Crippen molar-refractivity contribution in [3.05, 3.63) is 49.8 Å². The van der Waals surface area contributed by atoms with Crippen LogP contribution in [0.1, 0.15) is 0 Å². The fraction of sp³-hybridized carbons (Fsp3) is 0.200. The smallest absolute Gasteiger partial charge is 0.248 e. The Morgan fingerprint density at radius 1 is 0.815 bits per heavy atom. The highest BCUT2D eigenvalue weighted by Gasteiger charge is 2.76. The third kappa shape index (κ3) is 4.13. The van der Waals surface area contributed by atoms with E-state index in [0.29, 0.717) is 4.47 Å². The van der Waals surface area contributed by atoms with E-state index in [1.54, 1.807) is 6.07 Å². The Morgan fingerprint density at radius 2 is 1.37 bits per heavy atom. The molecule has 0 saturated heterocycles. The number of benzene rings is 2. The molecule has 0 amide bonds. The summed E-state index contributed by atoms with van der Waals surface area (Å²) in [5.41, 5.74) is -0.0343. The van der Waals surface area contributed by atoms with Crippen molar-refractivity contribution in [3.63, 3.8) is 0 Å². The predicted molar refractivity (Wildman–Crippen MR) is 97.3 cm³/mol. The van der Waals surface area contributed by atoms with Gasteiger partial charge in [0.25, 0.3) is 0 Å². The third-order valence-corrected chi connectivity index (χ3v) is 6.53. The first kappa shape index (κ1) is 22.8. The zero-order valence-electron chi connectivity index (χ0n) is 12.6. The largest absolute Gasteiger partial charge is 0.461 e. The molecule has 0 fully saturated rings. The second-order valence-electron chi connectivity index (χ2n) is 5.10. The van der Waals surface area contributed by atoms with E-state index in [4.69, 9.17) is 0 Å². The van der Waals surface area contributed by atoms with Crippen LogP contribution < -0.4 is 0 Å². The van der Waals surface area contributed by atoms with Gasteiger partial charge in [0.2, 0.25) is 0 Å². The highest BCUT2D eigenvalue weighted by atomic mass is 79.9. The molecule has 0 aliphatic heterocycles. The second kappa shape index (κ2) is 7.75. The first-order valence-corrected chi connectivity index (χ1v) is 10.2. The molecule has 2 aromatic carbocycles. The average Bonchev–Trinajstić information content (AvgIpc) is 2.53. The maximum Gasteiger partial charge on any atom is 0.461 e. The normalized spacial score (nSPS) is 14.3. The lowest BCUT2D eigenvalue weighted by molar-refractivity contribution is -0.331. The van der Waals surface area contributed by atoms with Gasteiger partial charge in [0.1, 0.15) is 10.8 Å². The van der Waals surface area contributed by atoms with Gasteiger partial charge in [0.05, 0.1) is 4.90 Å². The van der Waals surface area contributed by atoms with Gasteiger partial charge in [-0.2, -0.15) is 30.7 Å². The summed E-state index contributed by atoms with van der Waals surface area (Å²) in [6.07, 6.45) is -6.58. The van der Waals surface area contributed by atoms with Crippen LogP contribution in [0.2, 0.25) is 0 Å². The zero-order valence-corrected chi connectivity index (χ0v) is 18.1. The maximum atomic E-state index is 14.0. The van der Waals surface area contributed by atoms with E-state index in [-0.39, 0.29) is 20.1 Å². The summed E-state index contributed by atoms with van der Waals surface area (Å²) in [5.74, 6) is -6.50. The van der Waals surface area contributed by atoms with Gasteiger partial charge in [-0.3, -0.25) is 0 Å². The average molecular weight is 607 g/mol. The lowest BCUT2D eigenvalue weighted by Gasteiger charge is -2.28. The van der Waals surface area contributed by atoms with Gasteiger partial charge in [-0.05, 0) is 23.8 Å². The van der Waals surface area contributed by atoms with Crippen LogP contribution in [0, 0.1) is 0 Å². The summed E-state index contributed by atoms with van der Waals surface area (Å²) >= 11 is 9.13. The van der Waals surface area contributed by atoms with Gasteiger partial charge in [-0.25, -0.2) is 4.21 Å². The van der Waals surface area contributed by atoms with Crippen molar-refractivity contribution in [1.29, 1.82) is 0 Å². The summed E-state index contributed by atoms with van der Waals surface area (Å²) in [7, 11) is -4.03. The number of hydrogen-bond acceptors (Lipinski definition) is 1. The SMILES string of the molecule is O=S(c1cc(Br)cc(Br)c1-c1ccccc1Br)C(F)(F)C(F)(F)C(F)(F)F. The number of halogens is 10. The van der Waals surface area contributed by atoms with Crippen LogP contribution in [0.25, 0.3) is 11.1 Å². The van der Waals surface area contributed by atoms with Crippen molar-refractivity contribution >= 4 is 58.6 Å². The van der Waals surface area contributed by atoms with Crippen LogP contribution in [0.3, 0.4) is 0 Å². The molecule has 1 unspecified atom stereocenters. The van der Waals surface area contributed by atoms with Crippen molar-refractivity contribution in [1.82, 2.24) is 0 Å². The summed E-state index contributed by atoms with van der Waals surface area (Å²) in [6, 6.07) is 8.14. The van der Waals surface area contributed by atoms with Crippen LogP contribution in [0.4, 0.5) is 30.7 Å². The van der Waals surface area contributed by atoms with Crippen LogP contribution >= 0.6 is 47.8 Å². The first-order chi connectivity index (χ1) is 12.2. The third-order valence-electron chi connectivity index (χ3n) is 3.32. The van der Waals surface area contributed by atoms with Gasteiger partial charge < -0.3 is 0 Å². The van der Waals surface area contributed by atoms with Gasteiger partial charge >= 0.3 is 17.4 Å². The molecule has 12 heteroatoms. The van der Waals surface area contributed by atoms with Crippen molar-refractivity contribution in [3.8, 4) is 11.1 Å². The molecule has 148 valence electrons. The molecule has 0 aromatic heterocycles. The lowest BCUT2D eigenvalue weighted by Crippen LogP contribution is -2.54. The highest BCUT2D eigenvalue weighted by Crippen LogP contribution is 2.51. The Labute approximate surface area is 176 Å². The summed E-state index contributed by atoms with van der Waals surface area (Å²) in [5, 5.41) is -5.90. The van der Waals surface area contributed by atoms with E-state index >= 15 is 0 Å². The Balaban J connectivity index is 2.76. The Kier molecular flexibility index (Phi) is 6.55. The number of hydrogen-bond donors (Lipinski definition) is 0. The first-order valence-electron chi connectivity index (χ1n) is 6.70. The van der Waals surface area contributed by atoms with Crippen molar-refractivity contribution in [2.75, 3.05) is 0 Å². The molecule has 27 heavy (non-hydrogen) atoms. The van der Waals surface area contributed by atoms with E-state index in [1.165, 1.54) is 24.3 Å². The van der Waals surface area contributed by atoms with Gasteiger partial charge in [0.15, 0.2) is 0 Å². The van der Waals surface area contributed by atoms with Gasteiger partial charge in [-0.1, -0.05) is 66.0 Å². The van der Waals surface area contributed by atoms with Crippen LogP contribution in [0.5, 0.6) is 0 Å². The minimum Gasteiger partial charge on any atom is -0.248 e. The monoisotopic (exact) mass is 604 g/mol. The van der Waals surface area contributed by atoms with E-state index in [9.17, 15) is 34.9 Å². The molecule has 0 saturated carbocycles. The molecule has 0 radical (unpaired) electrons. The molecule has 2 aromatic rings. The van der Waals surface area contributed by atoms with E-state index < -0.39 is 33.0 Å². The standard InChI is InChI=1S/C15H6Br3F7OS/c16-7-5-10(18)12(8-3-1-2-4-9(8)17)11(6-7)27(26)15(24,25)13(19,20)14(21,22)23/h1-6H.